The van der Waals surface area contributed by atoms with Gasteiger partial charge in [0.05, 0.1) is 0 Å². The van der Waals surface area contributed by atoms with Crippen molar-refractivity contribution in [3.05, 3.63) is 35.4 Å². The molecule has 0 unspecified atom stereocenters. The van der Waals surface area contributed by atoms with E-state index in [0.717, 1.165) is 11.1 Å². The lowest BCUT2D eigenvalue weighted by molar-refractivity contribution is -0.118. The van der Waals surface area contributed by atoms with Gasteiger partial charge in [0.1, 0.15) is 0 Å². The number of carbonyl (C=O) groups is 2. The smallest absolute Gasteiger partial charge is 0.217 e. The van der Waals surface area contributed by atoms with Crippen molar-refractivity contribution in [1.29, 1.82) is 0 Å². The van der Waals surface area contributed by atoms with Crippen molar-refractivity contribution in [2.75, 3.05) is 0 Å². The largest absolute Gasteiger partial charge is 0.370 e. The average molecular weight is 217 g/mol. The first kappa shape index (κ1) is 10.9. The first-order valence-electron chi connectivity index (χ1n) is 5.59. The molecule has 2 N–H and O–H groups in total. The lowest BCUT2D eigenvalue weighted by atomic mass is 9.97. The van der Waals surface area contributed by atoms with Crippen molar-refractivity contribution >= 4 is 11.7 Å². The minimum absolute atomic E-state index is 0.0290. The van der Waals surface area contributed by atoms with E-state index in [1.807, 2.05) is 24.3 Å². The summed E-state index contributed by atoms with van der Waals surface area (Å²) in [5.74, 6) is 0.160. The van der Waals surface area contributed by atoms with Crippen molar-refractivity contribution in [3.8, 4) is 0 Å². The summed E-state index contributed by atoms with van der Waals surface area (Å²) in [5.41, 5.74) is 6.94. The normalized spacial score (nSPS) is 14.8. The lowest BCUT2D eigenvalue weighted by Gasteiger charge is -2.06. The monoisotopic (exact) mass is 217 g/mol. The highest BCUT2D eigenvalue weighted by atomic mass is 16.1. The fourth-order valence-electron chi connectivity index (χ4n) is 1.87. The molecule has 0 heterocycles. The van der Waals surface area contributed by atoms with Gasteiger partial charge in [0.15, 0.2) is 5.78 Å². The van der Waals surface area contributed by atoms with Crippen LogP contribution in [0.15, 0.2) is 24.3 Å². The van der Waals surface area contributed by atoms with Crippen molar-refractivity contribution in [1.82, 2.24) is 0 Å². The predicted octanol–water partition coefficient (Wildman–Crippen LogP) is 2.01. The molecule has 0 aromatic heterocycles. The molecule has 1 aliphatic carbocycles. The van der Waals surface area contributed by atoms with Gasteiger partial charge < -0.3 is 5.73 Å². The highest BCUT2D eigenvalue weighted by Gasteiger charge is 2.27. The molecule has 1 amide bonds. The van der Waals surface area contributed by atoms with Crippen LogP contribution in [0.2, 0.25) is 0 Å². The van der Waals surface area contributed by atoms with Crippen molar-refractivity contribution < 1.29 is 9.59 Å². The van der Waals surface area contributed by atoms with Crippen molar-refractivity contribution in [3.63, 3.8) is 0 Å². The Morgan fingerprint density at radius 1 is 1.19 bits per heavy atom. The van der Waals surface area contributed by atoms with E-state index in [2.05, 4.69) is 0 Å². The standard InChI is InChI=1S/C13H15NO2/c14-13(16)8-7-12(15)11-4-2-1-3-10(11)9-5-6-9/h1-4,9H,5-8H2,(H2,14,16). The zero-order chi connectivity index (χ0) is 11.5. The van der Waals surface area contributed by atoms with Crippen LogP contribution < -0.4 is 5.73 Å². The number of amides is 1. The number of nitrogens with two attached hydrogens (primary N) is 1. The fraction of sp³-hybridized carbons (Fsp3) is 0.385. The van der Waals surface area contributed by atoms with Gasteiger partial charge in [-0.05, 0) is 24.3 Å². The molecule has 1 aliphatic rings. The van der Waals surface area contributed by atoms with Crippen LogP contribution in [-0.2, 0) is 4.79 Å². The van der Waals surface area contributed by atoms with E-state index < -0.39 is 5.91 Å². The molecule has 3 heteroatoms. The molecule has 16 heavy (non-hydrogen) atoms. The fourth-order valence-corrected chi connectivity index (χ4v) is 1.87. The van der Waals surface area contributed by atoms with E-state index in [4.69, 9.17) is 5.73 Å². The van der Waals surface area contributed by atoms with Gasteiger partial charge in [-0.25, -0.2) is 0 Å². The maximum atomic E-state index is 11.9. The summed E-state index contributed by atoms with van der Waals surface area (Å²) in [7, 11) is 0. The number of rotatable bonds is 5. The van der Waals surface area contributed by atoms with E-state index in [-0.39, 0.29) is 18.6 Å². The van der Waals surface area contributed by atoms with Crippen LogP contribution in [0.25, 0.3) is 0 Å². The first-order valence-corrected chi connectivity index (χ1v) is 5.59. The molecule has 2 rings (SSSR count). The zero-order valence-electron chi connectivity index (χ0n) is 9.11. The van der Waals surface area contributed by atoms with Crippen LogP contribution in [-0.4, -0.2) is 11.7 Å². The lowest BCUT2D eigenvalue weighted by Crippen LogP contribution is -2.13. The van der Waals surface area contributed by atoms with Gasteiger partial charge in [-0.3, -0.25) is 9.59 Å². The molecule has 1 fully saturated rings. The predicted molar refractivity (Wildman–Crippen MR) is 61.2 cm³/mol. The summed E-state index contributed by atoms with van der Waals surface area (Å²) in [5, 5.41) is 0. The van der Waals surface area contributed by atoms with Gasteiger partial charge in [0.2, 0.25) is 5.91 Å². The Bertz CT molecular complexity index is 422. The third-order valence-corrected chi connectivity index (χ3v) is 2.88. The molecule has 1 saturated carbocycles. The van der Waals surface area contributed by atoms with E-state index in [9.17, 15) is 9.59 Å². The van der Waals surface area contributed by atoms with Crippen LogP contribution >= 0.6 is 0 Å². The molecule has 0 saturated heterocycles. The van der Waals surface area contributed by atoms with Crippen LogP contribution in [0, 0.1) is 0 Å². The number of ketones is 1. The summed E-state index contributed by atoms with van der Waals surface area (Å²) in [6.07, 6.45) is 2.69. The highest BCUT2D eigenvalue weighted by molar-refractivity contribution is 5.99. The van der Waals surface area contributed by atoms with Gasteiger partial charge in [0, 0.05) is 18.4 Å². The first-order chi connectivity index (χ1) is 7.68. The highest BCUT2D eigenvalue weighted by Crippen LogP contribution is 2.41. The van der Waals surface area contributed by atoms with Gasteiger partial charge >= 0.3 is 0 Å². The molecular formula is C13H15NO2. The summed E-state index contributed by atoms with van der Waals surface area (Å²) in [4.78, 5) is 22.5. The number of hydrogen-bond donors (Lipinski definition) is 1. The Hall–Kier alpha value is -1.64. The number of benzene rings is 1. The number of hydrogen-bond acceptors (Lipinski definition) is 2. The molecule has 3 nitrogen and oxygen atoms in total. The van der Waals surface area contributed by atoms with Crippen molar-refractivity contribution in [2.24, 2.45) is 5.73 Å². The second-order valence-electron chi connectivity index (χ2n) is 4.25. The molecule has 0 radical (unpaired) electrons. The minimum Gasteiger partial charge on any atom is -0.370 e. The molecule has 0 atom stereocenters. The Labute approximate surface area is 94.6 Å². The van der Waals surface area contributed by atoms with E-state index in [1.165, 1.54) is 12.8 Å². The van der Waals surface area contributed by atoms with Crippen LogP contribution in [0.3, 0.4) is 0 Å². The SMILES string of the molecule is NC(=O)CCC(=O)c1ccccc1C1CC1. The maximum Gasteiger partial charge on any atom is 0.217 e. The second-order valence-corrected chi connectivity index (χ2v) is 4.25. The molecular weight excluding hydrogens is 202 g/mol. The molecule has 84 valence electrons. The zero-order valence-corrected chi connectivity index (χ0v) is 9.11. The summed E-state index contributed by atoms with van der Waals surface area (Å²) >= 11 is 0. The average Bonchev–Trinajstić information content (AvgIpc) is 3.09. The molecule has 0 spiro atoms. The Kier molecular flexibility index (Phi) is 3.04. The van der Waals surface area contributed by atoms with Crippen LogP contribution in [0.4, 0.5) is 0 Å². The molecule has 0 bridgehead atoms. The summed E-state index contributed by atoms with van der Waals surface area (Å²) < 4.78 is 0. The van der Waals surface area contributed by atoms with E-state index in [1.54, 1.807) is 0 Å². The molecule has 1 aromatic carbocycles. The Morgan fingerprint density at radius 3 is 2.50 bits per heavy atom. The summed E-state index contributed by atoms with van der Waals surface area (Å²) in [6.45, 7) is 0. The van der Waals surface area contributed by atoms with Gasteiger partial charge in [-0.1, -0.05) is 24.3 Å². The Balaban J connectivity index is 2.12. The topological polar surface area (TPSA) is 60.2 Å². The van der Waals surface area contributed by atoms with Gasteiger partial charge in [-0.2, -0.15) is 0 Å². The maximum absolute atomic E-state index is 11.9. The van der Waals surface area contributed by atoms with E-state index in [0.29, 0.717) is 5.92 Å². The van der Waals surface area contributed by atoms with Crippen LogP contribution in [0.1, 0.15) is 47.5 Å². The Morgan fingerprint density at radius 2 is 1.88 bits per heavy atom. The van der Waals surface area contributed by atoms with Gasteiger partial charge in [0.25, 0.3) is 0 Å². The third-order valence-electron chi connectivity index (χ3n) is 2.88. The minimum atomic E-state index is -0.419. The van der Waals surface area contributed by atoms with Crippen LogP contribution in [0.5, 0.6) is 0 Å². The van der Waals surface area contributed by atoms with E-state index >= 15 is 0 Å². The van der Waals surface area contributed by atoms with Gasteiger partial charge in [-0.15, -0.1) is 0 Å². The summed E-state index contributed by atoms with van der Waals surface area (Å²) in [6, 6.07) is 7.67. The second kappa shape index (κ2) is 4.47. The number of Topliss-reactive ketones (excluding diaryl/α,β-unsaturated/α-hetero) is 1. The third kappa shape index (κ3) is 2.48. The van der Waals surface area contributed by atoms with Crippen molar-refractivity contribution in [2.45, 2.75) is 31.6 Å². The molecule has 0 aliphatic heterocycles. The number of primary amides is 1. The quantitative estimate of drug-likeness (QED) is 0.767. The number of carbonyl (C=O) groups excluding carboxylic acids is 2. The molecule has 1 aromatic rings.